The van der Waals surface area contributed by atoms with Gasteiger partial charge in [-0.25, -0.2) is 9.78 Å². The number of carbonyl (C=O) groups excluding carboxylic acids is 1. The molecule has 250 valence electrons. The van der Waals surface area contributed by atoms with Crippen LogP contribution in [0, 0.1) is 0 Å². The highest BCUT2D eigenvalue weighted by atomic mass is 35.5. The van der Waals surface area contributed by atoms with Crippen molar-refractivity contribution in [2.45, 2.75) is 25.3 Å². The Kier molecular flexibility index (Phi) is 10.4. The molecule has 0 bridgehead atoms. The molecule has 1 fully saturated rings. The van der Waals surface area contributed by atoms with Gasteiger partial charge in [-0.15, -0.1) is 11.3 Å². The molecule has 1 saturated heterocycles. The van der Waals surface area contributed by atoms with E-state index in [-0.39, 0.29) is 5.56 Å². The molecule has 10 nitrogen and oxygen atoms in total. The number of esters is 1. The molecule has 1 aliphatic rings. The largest absolute Gasteiger partial charge is 0.493 e. The highest BCUT2D eigenvalue weighted by Gasteiger charge is 2.25. The van der Waals surface area contributed by atoms with E-state index in [4.69, 9.17) is 56.4 Å². The van der Waals surface area contributed by atoms with E-state index in [9.17, 15) is 4.79 Å². The normalized spacial score (nSPS) is 13.7. The van der Waals surface area contributed by atoms with E-state index in [2.05, 4.69) is 10.1 Å². The smallest absolute Gasteiger partial charge is 0.343 e. The van der Waals surface area contributed by atoms with Crippen molar-refractivity contribution >= 4 is 40.5 Å². The maximum absolute atomic E-state index is 13.1. The lowest BCUT2D eigenvalue weighted by atomic mass is 9.97. The van der Waals surface area contributed by atoms with Crippen molar-refractivity contribution in [2.75, 3.05) is 41.5 Å². The summed E-state index contributed by atoms with van der Waals surface area (Å²) in [7, 11) is 6.03. The number of ether oxygens (including phenoxy) is 5. The molecule has 2 aromatic heterocycles. The number of benzene rings is 3. The fourth-order valence-corrected chi connectivity index (χ4v) is 6.90. The fraction of sp³-hybridized carbons (Fsp3) is 0.286. The Labute approximate surface area is 292 Å². The van der Waals surface area contributed by atoms with Crippen LogP contribution in [0.2, 0.25) is 10.0 Å². The number of nitrogens with zero attached hydrogens (tertiary/aromatic N) is 3. The molecular weight excluding hydrogens is 677 g/mol. The van der Waals surface area contributed by atoms with Crippen LogP contribution in [-0.2, 0) is 6.54 Å². The molecule has 0 saturated carbocycles. The molecule has 6 rings (SSSR count). The Hall–Kier alpha value is -4.29. The summed E-state index contributed by atoms with van der Waals surface area (Å²) in [6, 6.07) is 15.9. The van der Waals surface area contributed by atoms with Gasteiger partial charge < -0.3 is 28.2 Å². The van der Waals surface area contributed by atoms with Crippen LogP contribution in [0.4, 0.5) is 0 Å². The second-order valence-corrected chi connectivity index (χ2v) is 12.8. The van der Waals surface area contributed by atoms with Gasteiger partial charge >= 0.3 is 5.97 Å². The maximum Gasteiger partial charge on any atom is 0.343 e. The summed E-state index contributed by atoms with van der Waals surface area (Å²) in [6.45, 7) is 2.58. The van der Waals surface area contributed by atoms with Crippen LogP contribution in [0.1, 0.15) is 39.7 Å². The number of hydrogen-bond donors (Lipinski definition) is 0. The topological polar surface area (TPSA) is 105 Å². The molecule has 13 heteroatoms. The lowest BCUT2D eigenvalue weighted by molar-refractivity contribution is 0.0728. The molecule has 5 aromatic rings. The highest BCUT2D eigenvalue weighted by Crippen LogP contribution is 2.39. The van der Waals surface area contributed by atoms with Crippen LogP contribution in [-0.4, -0.2) is 62.5 Å². The standard InChI is InChI=1S/C35H33Cl2N3O7S/c1-42-30-13-20(5-8-28(30)46-35(41)23-15-31(43-2)33(45-4)32(16-23)44-3)18-40-11-9-21(10-12-40)34-38-27(19-48-34)29-17-26(39-47-29)22-6-7-24(36)25(37)14-22/h5-8,13-17,19,21H,9-12,18H2,1-4H3. The SMILES string of the molecule is COc1cc(CN2CCC(c3nc(-c4cc(-c5ccc(Cl)c(Cl)c5)no4)cs3)CC2)ccc1OC(=O)c1cc(OC)c(OC)c(OC)c1. The molecule has 3 aromatic carbocycles. The van der Waals surface area contributed by atoms with Crippen LogP contribution in [0.15, 0.2) is 64.5 Å². The summed E-state index contributed by atoms with van der Waals surface area (Å²) < 4.78 is 33.0. The molecule has 0 spiro atoms. The van der Waals surface area contributed by atoms with E-state index in [1.807, 2.05) is 29.6 Å². The van der Waals surface area contributed by atoms with Gasteiger partial charge in [0.25, 0.3) is 0 Å². The number of likely N-dealkylation sites (tertiary alicyclic amines) is 1. The van der Waals surface area contributed by atoms with Crippen molar-refractivity contribution in [3.05, 3.63) is 86.2 Å². The minimum atomic E-state index is -0.581. The van der Waals surface area contributed by atoms with E-state index in [1.54, 1.807) is 48.8 Å². The van der Waals surface area contributed by atoms with Gasteiger partial charge in [-0.05, 0) is 67.9 Å². The number of thiazole rings is 1. The Morgan fingerprint density at radius 2 is 1.58 bits per heavy atom. The third-order valence-electron chi connectivity index (χ3n) is 8.17. The van der Waals surface area contributed by atoms with Crippen molar-refractivity contribution in [1.29, 1.82) is 0 Å². The number of hydrogen-bond acceptors (Lipinski definition) is 11. The van der Waals surface area contributed by atoms with E-state index in [1.165, 1.54) is 21.3 Å². The molecule has 1 aliphatic heterocycles. The van der Waals surface area contributed by atoms with Crippen LogP contribution < -0.4 is 23.7 Å². The average molecular weight is 711 g/mol. The minimum absolute atomic E-state index is 0.250. The van der Waals surface area contributed by atoms with Crippen molar-refractivity contribution < 1.29 is 33.0 Å². The summed E-state index contributed by atoms with van der Waals surface area (Å²) in [5.41, 5.74) is 3.57. The first kappa shape index (κ1) is 33.6. The number of rotatable bonds is 11. The van der Waals surface area contributed by atoms with Gasteiger partial charge in [0.1, 0.15) is 11.4 Å². The van der Waals surface area contributed by atoms with E-state index in [0.717, 1.165) is 54.3 Å². The van der Waals surface area contributed by atoms with Gasteiger partial charge in [0.2, 0.25) is 5.75 Å². The van der Waals surface area contributed by atoms with Gasteiger partial charge in [-0.2, -0.15) is 0 Å². The first-order valence-electron chi connectivity index (χ1n) is 15.1. The van der Waals surface area contributed by atoms with E-state index >= 15 is 0 Å². The van der Waals surface area contributed by atoms with Crippen molar-refractivity contribution in [1.82, 2.24) is 15.0 Å². The van der Waals surface area contributed by atoms with Crippen LogP contribution in [0.5, 0.6) is 28.7 Å². The Morgan fingerprint density at radius 1 is 0.854 bits per heavy atom. The molecule has 3 heterocycles. The van der Waals surface area contributed by atoms with E-state index < -0.39 is 5.97 Å². The van der Waals surface area contributed by atoms with Crippen LogP contribution in [0.3, 0.4) is 0 Å². The monoisotopic (exact) mass is 709 g/mol. The summed E-state index contributed by atoms with van der Waals surface area (Å²) >= 11 is 13.9. The van der Waals surface area contributed by atoms with Gasteiger partial charge in [-0.1, -0.05) is 40.5 Å². The molecule has 0 radical (unpaired) electrons. The Bertz CT molecular complexity index is 1890. The van der Waals surface area contributed by atoms with Crippen molar-refractivity contribution in [2.24, 2.45) is 0 Å². The van der Waals surface area contributed by atoms with Crippen LogP contribution in [0.25, 0.3) is 22.7 Å². The second-order valence-electron chi connectivity index (χ2n) is 11.1. The predicted octanol–water partition coefficient (Wildman–Crippen LogP) is 8.41. The molecule has 0 aliphatic carbocycles. The molecule has 0 atom stereocenters. The van der Waals surface area contributed by atoms with Crippen molar-refractivity contribution in [3.63, 3.8) is 0 Å². The zero-order valence-electron chi connectivity index (χ0n) is 26.7. The molecule has 0 amide bonds. The highest BCUT2D eigenvalue weighted by molar-refractivity contribution is 7.10. The fourth-order valence-electron chi connectivity index (χ4n) is 5.62. The first-order chi connectivity index (χ1) is 23.3. The quantitative estimate of drug-likeness (QED) is 0.0980. The molecular formula is C35H33Cl2N3O7S. The third kappa shape index (κ3) is 7.24. The van der Waals surface area contributed by atoms with Gasteiger partial charge in [0.05, 0.1) is 49.1 Å². The zero-order valence-corrected chi connectivity index (χ0v) is 29.1. The Morgan fingerprint density at radius 3 is 2.25 bits per heavy atom. The Balaban J connectivity index is 1.06. The number of carbonyl (C=O) groups is 1. The maximum atomic E-state index is 13.1. The molecule has 48 heavy (non-hydrogen) atoms. The lowest BCUT2D eigenvalue weighted by Crippen LogP contribution is -2.32. The average Bonchev–Trinajstić information content (AvgIpc) is 3.81. The van der Waals surface area contributed by atoms with Gasteiger partial charge in [-0.3, -0.25) is 4.90 Å². The second kappa shape index (κ2) is 14.9. The third-order valence-corrected chi connectivity index (χ3v) is 9.92. The summed E-state index contributed by atoms with van der Waals surface area (Å²) in [6.07, 6.45) is 1.97. The van der Waals surface area contributed by atoms with E-state index in [0.29, 0.717) is 56.2 Å². The van der Waals surface area contributed by atoms with Gasteiger partial charge in [0.15, 0.2) is 28.8 Å². The zero-order chi connectivity index (χ0) is 33.8. The van der Waals surface area contributed by atoms with Gasteiger partial charge in [0, 0.05) is 29.5 Å². The summed E-state index contributed by atoms with van der Waals surface area (Å²) in [4.78, 5) is 20.4. The van der Waals surface area contributed by atoms with Crippen molar-refractivity contribution in [3.8, 4) is 51.5 Å². The molecule has 0 N–H and O–H groups in total. The lowest BCUT2D eigenvalue weighted by Gasteiger charge is -2.31. The first-order valence-corrected chi connectivity index (χ1v) is 16.7. The number of piperidine rings is 1. The summed E-state index contributed by atoms with van der Waals surface area (Å²) in [5, 5.41) is 8.27. The summed E-state index contributed by atoms with van der Waals surface area (Å²) in [5.74, 6) is 2.28. The predicted molar refractivity (Wildman–Crippen MR) is 184 cm³/mol. The van der Waals surface area contributed by atoms with Crippen LogP contribution >= 0.6 is 34.5 Å². The number of halogens is 2. The number of methoxy groups -OCH3 is 4. The molecule has 0 unspecified atom stereocenters. The minimum Gasteiger partial charge on any atom is -0.493 e. The number of aromatic nitrogens is 2.